The van der Waals surface area contributed by atoms with E-state index in [1.807, 2.05) is 11.9 Å². The molecule has 2 aliphatic heterocycles. The minimum absolute atomic E-state index is 0.0903. The van der Waals surface area contributed by atoms with Crippen LogP contribution in [0.5, 0.6) is 5.75 Å². The van der Waals surface area contributed by atoms with E-state index >= 15 is 0 Å². The molecule has 2 N–H and O–H groups in total. The molecular formula is C19H24N2O6. The van der Waals surface area contributed by atoms with Gasteiger partial charge < -0.3 is 24.7 Å². The number of rotatable bonds is 3. The van der Waals surface area contributed by atoms with Crippen LogP contribution >= 0.6 is 0 Å². The monoisotopic (exact) mass is 376 g/mol. The van der Waals surface area contributed by atoms with E-state index in [0.717, 1.165) is 13.0 Å². The number of phenolic OH excluding ortho intramolecular Hbond substituents is 1. The predicted molar refractivity (Wildman–Crippen MR) is 95.7 cm³/mol. The number of likely N-dealkylation sites (N-methyl/N-ethyl adjacent to an activating group) is 1. The Balaban J connectivity index is 1.86. The van der Waals surface area contributed by atoms with Gasteiger partial charge in [-0.3, -0.25) is 9.59 Å². The highest BCUT2D eigenvalue weighted by Crippen LogP contribution is 2.42. The summed E-state index contributed by atoms with van der Waals surface area (Å²) in [4.78, 5) is 40.3. The largest absolute Gasteiger partial charge is 0.508 e. The summed E-state index contributed by atoms with van der Waals surface area (Å²) in [6.07, 6.45) is 1.81. The third-order valence-electron chi connectivity index (χ3n) is 5.82. The fourth-order valence-electron chi connectivity index (χ4n) is 4.32. The summed E-state index contributed by atoms with van der Waals surface area (Å²) >= 11 is 0. The van der Waals surface area contributed by atoms with Crippen LogP contribution in [0.4, 0.5) is 0 Å². The molecule has 0 bridgehead atoms. The molecule has 2 atom stereocenters. The molecule has 27 heavy (non-hydrogen) atoms. The second-order valence-corrected chi connectivity index (χ2v) is 7.32. The van der Waals surface area contributed by atoms with Gasteiger partial charge in [0.1, 0.15) is 5.75 Å². The Labute approximate surface area is 157 Å². The number of likely N-dealkylation sites (tertiary alicyclic amines) is 2. The lowest BCUT2D eigenvalue weighted by molar-refractivity contribution is -0.161. The van der Waals surface area contributed by atoms with Crippen molar-refractivity contribution < 1.29 is 29.3 Å². The number of esters is 1. The minimum atomic E-state index is -0.834. The van der Waals surface area contributed by atoms with Crippen LogP contribution in [-0.4, -0.2) is 77.7 Å². The number of nitrogens with zero attached hydrogens (tertiary/aromatic N) is 2. The molecule has 3 rings (SSSR count). The number of carbonyl (C=O) groups is 3. The van der Waals surface area contributed by atoms with E-state index in [1.54, 1.807) is 4.90 Å². The van der Waals surface area contributed by atoms with Crippen LogP contribution in [0.2, 0.25) is 0 Å². The van der Waals surface area contributed by atoms with Gasteiger partial charge in [0.25, 0.3) is 5.91 Å². The fraction of sp³-hybridized carbons (Fsp3) is 0.526. The molecule has 2 heterocycles. The maximum absolute atomic E-state index is 13.0. The Hall–Kier alpha value is -2.61. The van der Waals surface area contributed by atoms with Crippen molar-refractivity contribution in [2.24, 2.45) is 5.41 Å². The van der Waals surface area contributed by atoms with Crippen LogP contribution in [0.3, 0.4) is 0 Å². The van der Waals surface area contributed by atoms with Crippen LogP contribution in [-0.2, 0) is 9.53 Å². The van der Waals surface area contributed by atoms with E-state index in [1.165, 1.54) is 25.3 Å². The molecule has 0 unspecified atom stereocenters. The maximum Gasteiger partial charge on any atom is 0.338 e. The van der Waals surface area contributed by atoms with E-state index in [9.17, 15) is 24.6 Å². The van der Waals surface area contributed by atoms with Gasteiger partial charge in [0.05, 0.1) is 18.1 Å². The molecule has 1 amide bonds. The molecule has 1 aromatic carbocycles. The van der Waals surface area contributed by atoms with Gasteiger partial charge in [-0.2, -0.15) is 0 Å². The molecule has 1 aromatic rings. The topological polar surface area (TPSA) is 107 Å². The molecule has 2 fully saturated rings. The Morgan fingerprint density at radius 2 is 1.85 bits per heavy atom. The molecule has 0 aromatic heterocycles. The zero-order chi connectivity index (χ0) is 19.8. The first-order chi connectivity index (χ1) is 12.8. The third-order valence-corrected chi connectivity index (χ3v) is 5.82. The first-order valence-electron chi connectivity index (χ1n) is 8.94. The summed E-state index contributed by atoms with van der Waals surface area (Å²) in [6, 6.07) is 3.66. The Morgan fingerprint density at radius 1 is 1.15 bits per heavy atom. The number of aromatic hydroxyl groups is 1. The average molecular weight is 376 g/mol. The van der Waals surface area contributed by atoms with Crippen molar-refractivity contribution in [2.45, 2.75) is 25.3 Å². The summed E-state index contributed by atoms with van der Waals surface area (Å²) in [6.45, 7) is 1.41. The van der Waals surface area contributed by atoms with Crippen molar-refractivity contribution >= 4 is 17.8 Å². The van der Waals surface area contributed by atoms with Gasteiger partial charge in [0.2, 0.25) is 0 Å². The molecule has 8 nitrogen and oxygen atoms in total. The number of benzene rings is 1. The molecule has 8 heteroatoms. The number of fused-ring (bicyclic) bond motifs is 1. The Kier molecular flexibility index (Phi) is 5.10. The van der Waals surface area contributed by atoms with Gasteiger partial charge in [-0.05, 0) is 51.1 Å². The highest BCUT2D eigenvalue weighted by molar-refractivity contribution is 5.98. The zero-order valence-electron chi connectivity index (χ0n) is 15.5. The standard InChI is InChI=1S/C19H24N2O6/c1-20-6-3-4-19(18(25)26)5-7-21(11-15(19)20)16(23)12-8-13(17(24)27-2)10-14(22)9-12/h8-10,15,22H,3-7,11H2,1-2H3,(H,25,26)/t15-,19+/m1/s1. The first-order valence-corrected chi connectivity index (χ1v) is 8.94. The summed E-state index contributed by atoms with van der Waals surface area (Å²) in [5, 5.41) is 19.7. The number of hydrogen-bond donors (Lipinski definition) is 2. The number of aliphatic carboxylic acids is 1. The number of carboxylic acids is 1. The van der Waals surface area contributed by atoms with Crippen LogP contribution in [0.25, 0.3) is 0 Å². The van der Waals surface area contributed by atoms with Crippen molar-refractivity contribution in [3.8, 4) is 5.75 Å². The number of carboxylic acid groups (broad SMARTS) is 1. The van der Waals surface area contributed by atoms with E-state index in [2.05, 4.69) is 4.74 Å². The number of ether oxygens (including phenoxy) is 1. The number of amides is 1. The summed E-state index contributed by atoms with van der Waals surface area (Å²) < 4.78 is 4.65. The lowest BCUT2D eigenvalue weighted by Gasteiger charge is -2.51. The van der Waals surface area contributed by atoms with E-state index in [-0.39, 0.29) is 28.8 Å². The van der Waals surface area contributed by atoms with Gasteiger partial charge in [0.15, 0.2) is 0 Å². The summed E-state index contributed by atoms with van der Waals surface area (Å²) in [5.74, 6) is -1.99. The summed E-state index contributed by atoms with van der Waals surface area (Å²) in [5.41, 5.74) is -0.566. The zero-order valence-corrected chi connectivity index (χ0v) is 15.5. The number of hydrogen-bond acceptors (Lipinski definition) is 6. The number of piperidine rings is 2. The molecule has 0 saturated carbocycles. The van der Waals surface area contributed by atoms with Crippen LogP contribution in [0.1, 0.15) is 40.0 Å². The molecular weight excluding hydrogens is 352 g/mol. The molecule has 0 spiro atoms. The van der Waals surface area contributed by atoms with Crippen LogP contribution in [0, 0.1) is 5.41 Å². The molecule has 146 valence electrons. The smallest absolute Gasteiger partial charge is 0.338 e. The van der Waals surface area contributed by atoms with Crippen molar-refractivity contribution in [1.82, 2.24) is 9.80 Å². The second kappa shape index (κ2) is 7.19. The summed E-state index contributed by atoms with van der Waals surface area (Å²) in [7, 11) is 3.11. The van der Waals surface area contributed by atoms with Crippen molar-refractivity contribution in [1.29, 1.82) is 0 Å². The van der Waals surface area contributed by atoms with Crippen LogP contribution in [0.15, 0.2) is 18.2 Å². The highest BCUT2D eigenvalue weighted by atomic mass is 16.5. The number of carbonyl (C=O) groups excluding carboxylic acids is 2. The highest BCUT2D eigenvalue weighted by Gasteiger charge is 2.52. The third kappa shape index (κ3) is 3.37. The van der Waals surface area contributed by atoms with Crippen molar-refractivity contribution in [3.05, 3.63) is 29.3 Å². The molecule has 2 aliphatic rings. The van der Waals surface area contributed by atoms with Crippen molar-refractivity contribution in [3.63, 3.8) is 0 Å². The van der Waals surface area contributed by atoms with Crippen molar-refractivity contribution in [2.75, 3.05) is 33.8 Å². The first kappa shape index (κ1) is 19.2. The van der Waals surface area contributed by atoms with E-state index < -0.39 is 17.4 Å². The normalized spacial score (nSPS) is 25.6. The number of methoxy groups -OCH3 is 1. The second-order valence-electron chi connectivity index (χ2n) is 7.32. The van der Waals surface area contributed by atoms with Gasteiger partial charge in [-0.1, -0.05) is 0 Å². The average Bonchev–Trinajstić information content (AvgIpc) is 2.66. The molecule has 0 radical (unpaired) electrons. The Morgan fingerprint density at radius 3 is 2.52 bits per heavy atom. The predicted octanol–water partition coefficient (Wildman–Crippen LogP) is 1.19. The molecule has 0 aliphatic carbocycles. The quantitative estimate of drug-likeness (QED) is 0.763. The van der Waals surface area contributed by atoms with Gasteiger partial charge >= 0.3 is 11.9 Å². The van der Waals surface area contributed by atoms with E-state index in [0.29, 0.717) is 25.9 Å². The maximum atomic E-state index is 13.0. The molecule has 2 saturated heterocycles. The fourth-order valence-corrected chi connectivity index (χ4v) is 4.32. The van der Waals surface area contributed by atoms with Gasteiger partial charge in [-0.15, -0.1) is 0 Å². The van der Waals surface area contributed by atoms with Crippen LogP contribution < -0.4 is 0 Å². The number of phenols is 1. The SMILES string of the molecule is COC(=O)c1cc(O)cc(C(=O)N2CC[C@@]3(C(=O)O)CCCN(C)[C@@H]3C2)c1. The minimum Gasteiger partial charge on any atom is -0.508 e. The van der Waals surface area contributed by atoms with Gasteiger partial charge in [0, 0.05) is 24.7 Å². The Bertz CT molecular complexity index is 779. The van der Waals surface area contributed by atoms with Gasteiger partial charge in [-0.25, -0.2) is 4.79 Å². The lowest BCUT2D eigenvalue weighted by atomic mass is 9.68. The lowest BCUT2D eigenvalue weighted by Crippen LogP contribution is -2.63. The van der Waals surface area contributed by atoms with E-state index in [4.69, 9.17) is 0 Å².